The summed E-state index contributed by atoms with van der Waals surface area (Å²) < 4.78 is 42.7. The van der Waals surface area contributed by atoms with Crippen LogP contribution in [0.1, 0.15) is 26.3 Å². The van der Waals surface area contributed by atoms with Gasteiger partial charge in [-0.1, -0.05) is 0 Å². The van der Waals surface area contributed by atoms with Gasteiger partial charge in [0, 0.05) is 31.9 Å². The number of ether oxygens (including phenoxy) is 1. The number of likely N-dealkylation sites (N-methyl/N-ethyl adjacent to an activating group) is 1. The summed E-state index contributed by atoms with van der Waals surface area (Å²) in [4.78, 5) is 21.3. The van der Waals surface area contributed by atoms with Crippen molar-refractivity contribution in [1.29, 1.82) is 0 Å². The molecular formula is C17H26F3N5O2. The van der Waals surface area contributed by atoms with E-state index in [-0.39, 0.29) is 30.5 Å². The molecule has 1 amide bonds. The number of aromatic nitrogens is 1. The zero-order valence-electron chi connectivity index (χ0n) is 16.1. The molecule has 1 aromatic heterocycles. The summed E-state index contributed by atoms with van der Waals surface area (Å²) in [5, 5.41) is 5.86. The molecule has 27 heavy (non-hydrogen) atoms. The quantitative estimate of drug-likeness (QED) is 0.441. The molecule has 0 saturated heterocycles. The van der Waals surface area contributed by atoms with E-state index in [1.54, 1.807) is 19.0 Å². The van der Waals surface area contributed by atoms with Gasteiger partial charge in [0.05, 0.1) is 18.7 Å². The third kappa shape index (κ3) is 8.61. The summed E-state index contributed by atoms with van der Waals surface area (Å²) >= 11 is 0. The number of nitrogens with zero attached hydrogens (tertiary/aromatic N) is 3. The standard InChI is InChI=1S/C17H26F3N5O2/c1-16(2,3)24-13(26)11-25(5)15(21-4)22-8-9-27-14-7-6-12(10-23-14)17(18,19)20/h6-7,10H,8-9,11H2,1-5H3,(H,21,22)(H,24,26). The fourth-order valence-electron chi connectivity index (χ4n) is 2.08. The number of carbonyl (C=O) groups excluding carboxylic acids is 1. The fraction of sp³-hybridized carbons (Fsp3) is 0.588. The lowest BCUT2D eigenvalue weighted by Crippen LogP contribution is -2.49. The Labute approximate surface area is 157 Å². The highest BCUT2D eigenvalue weighted by Gasteiger charge is 2.30. The SMILES string of the molecule is CN=C(NCCOc1ccc(C(F)(F)F)cn1)N(C)CC(=O)NC(C)(C)C. The Morgan fingerprint density at radius 1 is 1.30 bits per heavy atom. The molecule has 0 saturated carbocycles. The first-order chi connectivity index (χ1) is 12.4. The van der Waals surface area contributed by atoms with E-state index >= 15 is 0 Å². The molecule has 0 bridgehead atoms. The smallest absolute Gasteiger partial charge is 0.417 e. The van der Waals surface area contributed by atoms with Crippen LogP contribution in [0.4, 0.5) is 13.2 Å². The van der Waals surface area contributed by atoms with E-state index in [2.05, 4.69) is 20.6 Å². The second kappa shape index (κ2) is 9.43. The number of rotatable bonds is 6. The first-order valence-corrected chi connectivity index (χ1v) is 8.31. The highest BCUT2D eigenvalue weighted by molar-refractivity contribution is 5.86. The largest absolute Gasteiger partial charge is 0.476 e. The van der Waals surface area contributed by atoms with Gasteiger partial charge in [-0.3, -0.25) is 9.79 Å². The maximum absolute atomic E-state index is 12.5. The molecule has 152 valence electrons. The Hall–Kier alpha value is -2.52. The van der Waals surface area contributed by atoms with Crippen molar-refractivity contribution in [1.82, 2.24) is 20.5 Å². The normalized spacial score (nSPS) is 12.5. The Kier molecular flexibility index (Phi) is 7.86. The predicted molar refractivity (Wildman–Crippen MR) is 96.6 cm³/mol. The lowest BCUT2D eigenvalue weighted by Gasteiger charge is -2.25. The zero-order chi connectivity index (χ0) is 20.7. The number of alkyl halides is 3. The van der Waals surface area contributed by atoms with Crippen molar-refractivity contribution in [3.8, 4) is 5.88 Å². The Morgan fingerprint density at radius 3 is 2.44 bits per heavy atom. The molecular weight excluding hydrogens is 363 g/mol. The van der Waals surface area contributed by atoms with Gasteiger partial charge in [-0.2, -0.15) is 13.2 Å². The fourth-order valence-corrected chi connectivity index (χ4v) is 2.08. The van der Waals surface area contributed by atoms with Crippen molar-refractivity contribution >= 4 is 11.9 Å². The highest BCUT2D eigenvalue weighted by Crippen LogP contribution is 2.29. The second-order valence-electron chi connectivity index (χ2n) is 6.86. The molecule has 7 nitrogen and oxygen atoms in total. The van der Waals surface area contributed by atoms with E-state index in [1.165, 1.54) is 6.07 Å². The first kappa shape index (κ1) is 22.5. The van der Waals surface area contributed by atoms with Gasteiger partial charge in [-0.05, 0) is 26.8 Å². The van der Waals surface area contributed by atoms with Gasteiger partial charge in [0.15, 0.2) is 5.96 Å². The molecule has 0 radical (unpaired) electrons. The number of carbonyl (C=O) groups is 1. The van der Waals surface area contributed by atoms with Gasteiger partial charge in [0.2, 0.25) is 11.8 Å². The average Bonchev–Trinajstić information content (AvgIpc) is 2.52. The number of amides is 1. The highest BCUT2D eigenvalue weighted by atomic mass is 19.4. The maximum atomic E-state index is 12.5. The summed E-state index contributed by atoms with van der Waals surface area (Å²) in [6.07, 6.45) is -3.70. The van der Waals surface area contributed by atoms with E-state index in [1.807, 2.05) is 20.8 Å². The van der Waals surface area contributed by atoms with Crippen molar-refractivity contribution in [3.05, 3.63) is 23.9 Å². The molecule has 0 atom stereocenters. The van der Waals surface area contributed by atoms with E-state index in [0.29, 0.717) is 12.5 Å². The van der Waals surface area contributed by atoms with Crippen LogP contribution in [0.15, 0.2) is 23.3 Å². The van der Waals surface area contributed by atoms with Crippen LogP contribution >= 0.6 is 0 Å². The van der Waals surface area contributed by atoms with E-state index in [4.69, 9.17) is 4.74 Å². The van der Waals surface area contributed by atoms with E-state index < -0.39 is 11.7 Å². The van der Waals surface area contributed by atoms with Crippen LogP contribution < -0.4 is 15.4 Å². The summed E-state index contributed by atoms with van der Waals surface area (Å²) in [5.74, 6) is 0.443. The first-order valence-electron chi connectivity index (χ1n) is 8.31. The molecule has 0 fully saturated rings. The molecule has 2 N–H and O–H groups in total. The molecule has 1 heterocycles. The molecule has 0 unspecified atom stereocenters. The molecule has 1 aromatic rings. The molecule has 0 aliphatic heterocycles. The zero-order valence-corrected chi connectivity index (χ0v) is 16.1. The minimum atomic E-state index is -4.43. The van der Waals surface area contributed by atoms with Crippen LogP contribution in [0.2, 0.25) is 0 Å². The Bertz CT molecular complexity index is 639. The predicted octanol–water partition coefficient (Wildman–Crippen LogP) is 1.90. The average molecular weight is 389 g/mol. The number of nitrogens with one attached hydrogen (secondary N) is 2. The van der Waals surface area contributed by atoms with Crippen LogP contribution in [0.5, 0.6) is 5.88 Å². The molecule has 0 aliphatic carbocycles. The summed E-state index contributed by atoms with van der Waals surface area (Å²) in [7, 11) is 3.30. The van der Waals surface area contributed by atoms with Crippen molar-refractivity contribution in [2.24, 2.45) is 4.99 Å². The minimum absolute atomic E-state index is 0.0951. The van der Waals surface area contributed by atoms with Gasteiger partial charge in [0.25, 0.3) is 0 Å². The van der Waals surface area contributed by atoms with E-state index in [0.717, 1.165) is 12.3 Å². The number of pyridine rings is 1. The topological polar surface area (TPSA) is 78.9 Å². The number of hydrogen-bond acceptors (Lipinski definition) is 4. The van der Waals surface area contributed by atoms with Crippen molar-refractivity contribution in [3.63, 3.8) is 0 Å². The van der Waals surface area contributed by atoms with Crippen LogP contribution in [-0.4, -0.2) is 61.1 Å². The monoisotopic (exact) mass is 389 g/mol. The van der Waals surface area contributed by atoms with Gasteiger partial charge >= 0.3 is 6.18 Å². The number of aliphatic imine (C=N–C) groups is 1. The lowest BCUT2D eigenvalue weighted by atomic mass is 10.1. The van der Waals surface area contributed by atoms with Crippen LogP contribution in [0, 0.1) is 0 Å². The van der Waals surface area contributed by atoms with Crippen molar-refractivity contribution < 1.29 is 22.7 Å². The molecule has 10 heteroatoms. The summed E-state index contributed by atoms with van der Waals surface area (Å²) in [6.45, 7) is 6.30. The van der Waals surface area contributed by atoms with Crippen molar-refractivity contribution in [2.45, 2.75) is 32.5 Å². The number of halogens is 3. The molecule has 0 aliphatic rings. The molecule has 1 rings (SSSR count). The number of guanidine groups is 1. The van der Waals surface area contributed by atoms with E-state index in [9.17, 15) is 18.0 Å². The minimum Gasteiger partial charge on any atom is -0.476 e. The van der Waals surface area contributed by atoms with Crippen LogP contribution in [0.3, 0.4) is 0 Å². The number of hydrogen-bond donors (Lipinski definition) is 2. The third-order valence-corrected chi connectivity index (χ3v) is 3.17. The summed E-state index contributed by atoms with van der Waals surface area (Å²) in [5.41, 5.74) is -1.15. The Balaban J connectivity index is 2.42. The lowest BCUT2D eigenvalue weighted by molar-refractivity contribution is -0.137. The molecule has 0 spiro atoms. The third-order valence-electron chi connectivity index (χ3n) is 3.17. The maximum Gasteiger partial charge on any atom is 0.417 e. The van der Waals surface area contributed by atoms with Crippen molar-refractivity contribution in [2.75, 3.05) is 33.8 Å². The van der Waals surface area contributed by atoms with Gasteiger partial charge in [-0.25, -0.2) is 4.98 Å². The van der Waals surface area contributed by atoms with Crippen LogP contribution in [-0.2, 0) is 11.0 Å². The van der Waals surface area contributed by atoms with Gasteiger partial charge in [0.1, 0.15) is 6.61 Å². The van der Waals surface area contributed by atoms with Crippen LogP contribution in [0.25, 0.3) is 0 Å². The van der Waals surface area contributed by atoms with Gasteiger partial charge in [-0.15, -0.1) is 0 Å². The summed E-state index contributed by atoms with van der Waals surface area (Å²) in [6, 6.07) is 2.08. The molecule has 0 aromatic carbocycles. The van der Waals surface area contributed by atoms with Gasteiger partial charge < -0.3 is 20.3 Å². The Morgan fingerprint density at radius 2 is 1.96 bits per heavy atom. The second-order valence-corrected chi connectivity index (χ2v) is 6.86.